The minimum absolute atomic E-state index is 0.0851. The lowest BCUT2D eigenvalue weighted by Gasteiger charge is -2.25. The number of carbonyl (C=O) groups is 1. The van der Waals surface area contributed by atoms with Gasteiger partial charge in [-0.2, -0.15) is 0 Å². The molecule has 2 amide bonds. The summed E-state index contributed by atoms with van der Waals surface area (Å²) >= 11 is 0. The van der Waals surface area contributed by atoms with Crippen molar-refractivity contribution in [1.29, 1.82) is 0 Å². The monoisotopic (exact) mass is 292 g/mol. The summed E-state index contributed by atoms with van der Waals surface area (Å²) in [5.41, 5.74) is 0. The highest BCUT2D eigenvalue weighted by Gasteiger charge is 2.20. The number of nitrogens with one attached hydrogen (secondary N) is 2. The van der Waals surface area contributed by atoms with E-state index in [-0.39, 0.29) is 12.1 Å². The maximum Gasteiger partial charge on any atom is 0.314 e. The van der Waals surface area contributed by atoms with Crippen LogP contribution in [0.25, 0.3) is 0 Å². The number of nitrogens with zero attached hydrogens (tertiary/aromatic N) is 2. The third kappa shape index (κ3) is 3.97. The second-order valence-electron chi connectivity index (χ2n) is 5.98. The lowest BCUT2D eigenvalue weighted by atomic mass is 9.98. The Morgan fingerprint density at radius 3 is 3.10 bits per heavy atom. The summed E-state index contributed by atoms with van der Waals surface area (Å²) in [5, 5.41) is 5.88. The predicted molar refractivity (Wildman–Crippen MR) is 79.0 cm³/mol. The minimum atomic E-state index is -0.0851. The Labute approximate surface area is 125 Å². The van der Waals surface area contributed by atoms with Gasteiger partial charge in [0.2, 0.25) is 0 Å². The number of amides is 2. The summed E-state index contributed by atoms with van der Waals surface area (Å²) in [6.45, 7) is 3.15. The first-order valence-corrected chi connectivity index (χ1v) is 7.94. The lowest BCUT2D eigenvalue weighted by Crippen LogP contribution is -2.43. The number of ether oxygens (including phenoxy) is 1. The van der Waals surface area contributed by atoms with E-state index < -0.39 is 0 Å². The van der Waals surface area contributed by atoms with Gasteiger partial charge in [0.25, 0.3) is 0 Å². The molecule has 0 radical (unpaired) electrons. The van der Waals surface area contributed by atoms with Crippen molar-refractivity contribution in [2.24, 2.45) is 5.92 Å². The fraction of sp³-hybridized carbons (Fsp3) is 0.733. The Balaban J connectivity index is 1.34. The van der Waals surface area contributed by atoms with Crippen molar-refractivity contribution in [2.45, 2.75) is 44.8 Å². The number of urea groups is 1. The molecule has 2 aliphatic rings. The van der Waals surface area contributed by atoms with Crippen molar-refractivity contribution in [3.8, 4) is 0 Å². The molecule has 0 aromatic carbocycles. The highest BCUT2D eigenvalue weighted by molar-refractivity contribution is 5.73. The third-order valence-electron chi connectivity index (χ3n) is 4.37. The Hall–Kier alpha value is -1.56. The number of hydrogen-bond acceptors (Lipinski definition) is 3. The van der Waals surface area contributed by atoms with Crippen LogP contribution in [-0.4, -0.2) is 41.4 Å². The molecular weight excluding hydrogens is 268 g/mol. The molecule has 0 aliphatic carbocycles. The van der Waals surface area contributed by atoms with E-state index in [4.69, 9.17) is 4.74 Å². The van der Waals surface area contributed by atoms with E-state index in [0.717, 1.165) is 44.7 Å². The molecule has 116 valence electrons. The number of aryl methyl sites for hydroxylation is 1. The summed E-state index contributed by atoms with van der Waals surface area (Å²) in [6, 6.07) is -0.0851. The van der Waals surface area contributed by atoms with Crippen molar-refractivity contribution in [2.75, 3.05) is 19.7 Å². The standard InChI is InChI=1S/C15H24N4O2/c20-15(18-11-13-3-1-2-8-21-13)17-10-12-4-6-19-7-5-16-14(19)9-12/h5,7,12-13H,1-4,6,8-11H2,(H2,17,18,20). The van der Waals surface area contributed by atoms with Crippen molar-refractivity contribution in [1.82, 2.24) is 20.2 Å². The van der Waals surface area contributed by atoms with Crippen LogP contribution in [-0.2, 0) is 17.7 Å². The molecule has 2 aliphatic heterocycles. The summed E-state index contributed by atoms with van der Waals surface area (Å²) in [7, 11) is 0. The van der Waals surface area contributed by atoms with Gasteiger partial charge in [-0.05, 0) is 31.6 Å². The van der Waals surface area contributed by atoms with Gasteiger partial charge in [0, 0.05) is 45.1 Å². The molecule has 1 aromatic heterocycles. The average molecular weight is 292 g/mol. The second-order valence-corrected chi connectivity index (χ2v) is 5.98. The van der Waals surface area contributed by atoms with E-state index in [9.17, 15) is 4.79 Å². The molecular formula is C15H24N4O2. The Kier molecular flexibility index (Phi) is 4.75. The van der Waals surface area contributed by atoms with Gasteiger partial charge in [0.05, 0.1) is 6.10 Å². The average Bonchev–Trinajstić information content (AvgIpc) is 2.99. The molecule has 2 atom stereocenters. The molecule has 6 heteroatoms. The van der Waals surface area contributed by atoms with Gasteiger partial charge in [0.15, 0.2) is 0 Å². The molecule has 21 heavy (non-hydrogen) atoms. The van der Waals surface area contributed by atoms with Gasteiger partial charge in [-0.15, -0.1) is 0 Å². The lowest BCUT2D eigenvalue weighted by molar-refractivity contribution is 0.0184. The quantitative estimate of drug-likeness (QED) is 0.879. The van der Waals surface area contributed by atoms with Crippen LogP contribution < -0.4 is 10.6 Å². The molecule has 6 nitrogen and oxygen atoms in total. The maximum atomic E-state index is 11.8. The van der Waals surface area contributed by atoms with Crippen LogP contribution in [0.5, 0.6) is 0 Å². The van der Waals surface area contributed by atoms with Gasteiger partial charge in [-0.3, -0.25) is 0 Å². The first kappa shape index (κ1) is 14.4. The molecule has 0 bridgehead atoms. The van der Waals surface area contributed by atoms with Crippen molar-refractivity contribution >= 4 is 6.03 Å². The van der Waals surface area contributed by atoms with Crippen molar-refractivity contribution in [3.63, 3.8) is 0 Å². The number of carbonyl (C=O) groups excluding carboxylic acids is 1. The van der Waals surface area contributed by atoms with Gasteiger partial charge >= 0.3 is 6.03 Å². The Morgan fingerprint density at radius 2 is 2.24 bits per heavy atom. The first-order chi connectivity index (χ1) is 10.3. The summed E-state index contributed by atoms with van der Waals surface area (Å²) in [5.74, 6) is 1.61. The van der Waals surface area contributed by atoms with Gasteiger partial charge in [-0.1, -0.05) is 0 Å². The van der Waals surface area contributed by atoms with E-state index in [1.165, 1.54) is 6.42 Å². The van der Waals surface area contributed by atoms with Gasteiger partial charge in [-0.25, -0.2) is 9.78 Å². The summed E-state index contributed by atoms with van der Waals surface area (Å²) < 4.78 is 7.79. The van der Waals surface area contributed by atoms with Crippen LogP contribution in [0.1, 0.15) is 31.5 Å². The van der Waals surface area contributed by atoms with Crippen LogP contribution in [0, 0.1) is 5.92 Å². The van der Waals surface area contributed by atoms with Gasteiger partial charge in [0.1, 0.15) is 5.82 Å². The molecule has 3 rings (SSSR count). The Bertz CT molecular complexity index is 468. The molecule has 1 aromatic rings. The van der Waals surface area contributed by atoms with Crippen molar-refractivity contribution < 1.29 is 9.53 Å². The predicted octanol–water partition coefficient (Wildman–Crippen LogP) is 1.31. The molecule has 3 heterocycles. The van der Waals surface area contributed by atoms with Crippen LogP contribution in [0.3, 0.4) is 0 Å². The highest BCUT2D eigenvalue weighted by Crippen LogP contribution is 2.18. The topological polar surface area (TPSA) is 68.2 Å². The Morgan fingerprint density at radius 1 is 1.33 bits per heavy atom. The smallest absolute Gasteiger partial charge is 0.314 e. The zero-order valence-corrected chi connectivity index (χ0v) is 12.4. The normalized spacial score (nSPS) is 25.1. The fourth-order valence-corrected chi connectivity index (χ4v) is 3.06. The summed E-state index contributed by atoms with van der Waals surface area (Å²) in [6.07, 6.45) is 9.48. The number of rotatable bonds is 4. The molecule has 2 N–H and O–H groups in total. The maximum absolute atomic E-state index is 11.8. The van der Waals surface area contributed by atoms with Crippen LogP contribution in [0.4, 0.5) is 4.79 Å². The highest BCUT2D eigenvalue weighted by atomic mass is 16.5. The van der Waals surface area contributed by atoms with E-state index in [1.807, 2.05) is 12.4 Å². The number of hydrogen-bond donors (Lipinski definition) is 2. The van der Waals surface area contributed by atoms with Crippen molar-refractivity contribution in [3.05, 3.63) is 18.2 Å². The molecule has 0 saturated carbocycles. The molecule has 0 spiro atoms. The third-order valence-corrected chi connectivity index (χ3v) is 4.37. The number of fused-ring (bicyclic) bond motifs is 1. The van der Waals surface area contributed by atoms with E-state index >= 15 is 0 Å². The first-order valence-electron chi connectivity index (χ1n) is 7.94. The largest absolute Gasteiger partial charge is 0.376 e. The minimum Gasteiger partial charge on any atom is -0.376 e. The van der Waals surface area contributed by atoms with E-state index in [2.05, 4.69) is 20.2 Å². The van der Waals surface area contributed by atoms with E-state index in [0.29, 0.717) is 19.0 Å². The molecule has 1 saturated heterocycles. The number of aromatic nitrogens is 2. The zero-order valence-electron chi connectivity index (χ0n) is 12.4. The van der Waals surface area contributed by atoms with Gasteiger partial charge < -0.3 is 19.9 Å². The number of imidazole rings is 1. The SMILES string of the molecule is O=C(NCC1CCn2ccnc2C1)NCC1CCCCO1. The summed E-state index contributed by atoms with van der Waals surface area (Å²) in [4.78, 5) is 16.2. The fourth-order valence-electron chi connectivity index (χ4n) is 3.06. The van der Waals surface area contributed by atoms with E-state index in [1.54, 1.807) is 0 Å². The molecule has 2 unspecified atom stereocenters. The van der Waals surface area contributed by atoms with Crippen LogP contribution >= 0.6 is 0 Å². The second kappa shape index (κ2) is 6.93. The van der Waals surface area contributed by atoms with Crippen LogP contribution in [0.15, 0.2) is 12.4 Å². The zero-order chi connectivity index (χ0) is 14.5. The van der Waals surface area contributed by atoms with Crippen LogP contribution in [0.2, 0.25) is 0 Å². The molecule has 1 fully saturated rings.